The summed E-state index contributed by atoms with van der Waals surface area (Å²) in [6.07, 6.45) is 4.51. The zero-order valence-corrected chi connectivity index (χ0v) is 19.2. The number of amides is 1. The zero-order chi connectivity index (χ0) is 24.0. The Morgan fingerprint density at radius 3 is 2.76 bits per heavy atom. The number of rotatable bonds is 8. The van der Waals surface area contributed by atoms with Crippen LogP contribution in [0.1, 0.15) is 12.5 Å². The third-order valence-corrected chi connectivity index (χ3v) is 4.87. The number of anilines is 2. The number of nitrogens with one attached hydrogen (secondary N) is 1. The lowest BCUT2D eigenvalue weighted by Crippen LogP contribution is -2.36. The van der Waals surface area contributed by atoms with Crippen LogP contribution in [0.5, 0.6) is 5.75 Å². The molecular formula is C24H23ClFN5O2. The number of fused-ring (bicyclic) bond motifs is 1. The highest BCUT2D eigenvalue weighted by Crippen LogP contribution is 2.32. The van der Waals surface area contributed by atoms with Gasteiger partial charge in [0.2, 0.25) is 0 Å². The molecule has 0 aliphatic rings. The molecule has 7 nitrogen and oxygen atoms in total. The van der Waals surface area contributed by atoms with Crippen LogP contribution in [0, 0.1) is 17.1 Å². The summed E-state index contributed by atoms with van der Waals surface area (Å²) in [7, 11) is 3.76. The number of hydrogen-bond donors (Lipinski definition) is 1. The Bertz CT molecular complexity index is 1240. The molecule has 1 N–H and O–H groups in total. The summed E-state index contributed by atoms with van der Waals surface area (Å²) in [6, 6.07) is 11.3. The summed E-state index contributed by atoms with van der Waals surface area (Å²) < 4.78 is 19.2. The summed E-state index contributed by atoms with van der Waals surface area (Å²) >= 11 is 5.93. The van der Waals surface area contributed by atoms with Gasteiger partial charge in [-0.05, 0) is 51.4 Å². The predicted octanol–water partition coefficient (Wildman–Crippen LogP) is 4.78. The number of carbonyl (C=O) groups is 1. The van der Waals surface area contributed by atoms with Gasteiger partial charge in [-0.25, -0.2) is 9.40 Å². The summed E-state index contributed by atoms with van der Waals surface area (Å²) in [4.78, 5) is 19.5. The van der Waals surface area contributed by atoms with Crippen molar-refractivity contribution in [2.75, 3.05) is 37.7 Å². The van der Waals surface area contributed by atoms with Gasteiger partial charge in [-0.3, -0.25) is 15.2 Å². The molecule has 2 aromatic carbocycles. The molecule has 3 aromatic rings. The first-order valence-electron chi connectivity index (χ1n) is 10.2. The molecule has 0 saturated carbocycles. The average molecular weight is 468 g/mol. The monoisotopic (exact) mass is 467 g/mol. The molecule has 1 amide bonds. The number of likely N-dealkylation sites (N-methyl/N-ethyl adjacent to an activating group) is 1. The molecule has 0 bridgehead atoms. The largest absolute Gasteiger partial charge is 0.494 e. The van der Waals surface area contributed by atoms with Crippen molar-refractivity contribution < 1.29 is 13.9 Å². The Labute approximate surface area is 196 Å². The second kappa shape index (κ2) is 10.8. The van der Waals surface area contributed by atoms with Crippen LogP contribution >= 0.6 is 11.6 Å². The van der Waals surface area contributed by atoms with Crippen LogP contribution in [0.25, 0.3) is 10.9 Å². The van der Waals surface area contributed by atoms with E-state index in [2.05, 4.69) is 16.5 Å². The predicted molar refractivity (Wildman–Crippen MR) is 128 cm³/mol. The third kappa shape index (κ3) is 5.77. The van der Waals surface area contributed by atoms with E-state index in [0.717, 1.165) is 0 Å². The van der Waals surface area contributed by atoms with Crippen LogP contribution in [0.2, 0.25) is 5.02 Å². The number of hydrogen-bond acceptors (Lipinski definition) is 6. The van der Waals surface area contributed by atoms with Gasteiger partial charge in [-0.15, -0.1) is 0 Å². The van der Waals surface area contributed by atoms with E-state index in [-0.39, 0.29) is 10.6 Å². The molecule has 170 valence electrons. The highest BCUT2D eigenvalue weighted by Gasteiger charge is 2.22. The highest BCUT2D eigenvalue weighted by atomic mass is 35.5. The van der Waals surface area contributed by atoms with E-state index >= 15 is 0 Å². The van der Waals surface area contributed by atoms with Crippen molar-refractivity contribution >= 4 is 39.8 Å². The minimum absolute atomic E-state index is 0.100. The Hall–Kier alpha value is -3.67. The van der Waals surface area contributed by atoms with Gasteiger partial charge in [-0.2, -0.15) is 5.26 Å². The number of benzene rings is 2. The van der Waals surface area contributed by atoms with Crippen molar-refractivity contribution in [3.05, 3.63) is 71.2 Å². The highest BCUT2D eigenvalue weighted by molar-refractivity contribution is 6.31. The van der Waals surface area contributed by atoms with E-state index < -0.39 is 11.7 Å². The lowest BCUT2D eigenvalue weighted by molar-refractivity contribution is -0.113. The lowest BCUT2D eigenvalue weighted by Gasteiger charge is -2.25. The van der Waals surface area contributed by atoms with Crippen LogP contribution in [-0.4, -0.2) is 43.0 Å². The van der Waals surface area contributed by atoms with Gasteiger partial charge >= 0.3 is 0 Å². The van der Waals surface area contributed by atoms with Crippen molar-refractivity contribution in [3.8, 4) is 11.8 Å². The number of nitrogens with zero attached hydrogens (tertiary/aromatic N) is 4. The quantitative estimate of drug-likeness (QED) is 0.379. The van der Waals surface area contributed by atoms with Crippen LogP contribution in [0.3, 0.4) is 0 Å². The van der Waals surface area contributed by atoms with Crippen molar-refractivity contribution in [3.63, 3.8) is 0 Å². The minimum Gasteiger partial charge on any atom is -0.494 e. The van der Waals surface area contributed by atoms with Crippen LogP contribution in [0.15, 0.2) is 54.7 Å². The number of halogens is 2. The van der Waals surface area contributed by atoms with Crippen LogP contribution in [-0.2, 0) is 4.79 Å². The first-order valence-corrected chi connectivity index (χ1v) is 10.5. The molecule has 9 heteroatoms. The van der Waals surface area contributed by atoms with Gasteiger partial charge < -0.3 is 9.64 Å². The van der Waals surface area contributed by atoms with Crippen molar-refractivity contribution in [1.82, 2.24) is 9.88 Å². The summed E-state index contributed by atoms with van der Waals surface area (Å²) in [5, 5.41) is 11.5. The smallest absolute Gasteiger partial charge is 0.269 e. The summed E-state index contributed by atoms with van der Waals surface area (Å²) in [5.41, 5.74) is 4.37. The number of ether oxygens (including phenoxy) is 1. The van der Waals surface area contributed by atoms with E-state index in [0.29, 0.717) is 41.2 Å². The van der Waals surface area contributed by atoms with E-state index in [1.807, 2.05) is 25.9 Å². The van der Waals surface area contributed by atoms with Gasteiger partial charge in [0.05, 0.1) is 34.1 Å². The van der Waals surface area contributed by atoms with E-state index in [1.165, 1.54) is 35.5 Å². The van der Waals surface area contributed by atoms with Gasteiger partial charge in [0.15, 0.2) is 0 Å². The SMILES string of the molecule is CCOc1ccc2c(N(Nc3ccc(F)c(Cl)c3)C(=O)C=CCN(C)C)c(C#N)cnc2c1. The molecule has 0 aliphatic carbocycles. The maximum absolute atomic E-state index is 13.7. The number of nitriles is 1. The number of carbonyl (C=O) groups excluding carboxylic acids is 1. The van der Waals surface area contributed by atoms with E-state index in [1.54, 1.807) is 24.3 Å². The fourth-order valence-corrected chi connectivity index (χ4v) is 3.27. The number of pyridine rings is 1. The molecule has 0 saturated heterocycles. The maximum Gasteiger partial charge on any atom is 0.269 e. The second-order valence-corrected chi connectivity index (χ2v) is 7.73. The first-order chi connectivity index (χ1) is 15.8. The molecule has 0 radical (unpaired) electrons. The van der Waals surface area contributed by atoms with Gasteiger partial charge in [0.25, 0.3) is 5.91 Å². The van der Waals surface area contributed by atoms with Crippen molar-refractivity contribution in [2.45, 2.75) is 6.92 Å². The Morgan fingerprint density at radius 2 is 2.09 bits per heavy atom. The topological polar surface area (TPSA) is 81.5 Å². The normalized spacial score (nSPS) is 11.1. The molecule has 1 heterocycles. The fourth-order valence-electron chi connectivity index (χ4n) is 3.09. The first kappa shape index (κ1) is 24.0. The number of hydrazine groups is 1. The Morgan fingerprint density at radius 1 is 1.30 bits per heavy atom. The van der Waals surface area contributed by atoms with Crippen molar-refractivity contribution in [1.29, 1.82) is 5.26 Å². The molecular weight excluding hydrogens is 445 g/mol. The van der Waals surface area contributed by atoms with Gasteiger partial charge in [0, 0.05) is 30.3 Å². The standard InChI is InChI=1S/C24H23ClFN5O2/c1-4-33-18-8-9-19-22(13-18)28-15-16(14-27)24(19)31(23(32)6-5-11-30(2)3)29-17-7-10-21(26)20(25)12-17/h5-10,12-13,15,29H,4,11H2,1-3H3. The minimum atomic E-state index is -0.582. The van der Waals surface area contributed by atoms with Gasteiger partial charge in [-0.1, -0.05) is 17.7 Å². The summed E-state index contributed by atoms with van der Waals surface area (Å²) in [6.45, 7) is 2.91. The third-order valence-electron chi connectivity index (χ3n) is 4.58. The van der Waals surface area contributed by atoms with Crippen LogP contribution in [0.4, 0.5) is 15.8 Å². The zero-order valence-electron chi connectivity index (χ0n) is 18.5. The van der Waals surface area contributed by atoms with Gasteiger partial charge in [0.1, 0.15) is 17.6 Å². The Kier molecular flexibility index (Phi) is 7.83. The average Bonchev–Trinajstić information content (AvgIpc) is 2.79. The Balaban J connectivity index is 2.15. The lowest BCUT2D eigenvalue weighted by atomic mass is 10.1. The molecule has 33 heavy (non-hydrogen) atoms. The fraction of sp³-hybridized carbons (Fsp3) is 0.208. The summed E-state index contributed by atoms with van der Waals surface area (Å²) in [5.74, 6) is -0.396. The molecule has 0 unspecified atom stereocenters. The molecule has 3 rings (SSSR count). The molecule has 0 atom stereocenters. The molecule has 0 fully saturated rings. The molecule has 1 aromatic heterocycles. The second-order valence-electron chi connectivity index (χ2n) is 7.32. The van der Waals surface area contributed by atoms with E-state index in [9.17, 15) is 14.4 Å². The van der Waals surface area contributed by atoms with Crippen molar-refractivity contribution in [2.24, 2.45) is 0 Å². The molecule has 0 aliphatic heterocycles. The van der Waals surface area contributed by atoms with Crippen LogP contribution < -0.4 is 15.2 Å². The maximum atomic E-state index is 13.7. The number of aromatic nitrogens is 1. The van der Waals surface area contributed by atoms with E-state index in [4.69, 9.17) is 16.3 Å². The molecule has 0 spiro atoms.